The van der Waals surface area contributed by atoms with E-state index in [0.29, 0.717) is 11.9 Å². The highest BCUT2D eigenvalue weighted by atomic mass is 16.6. The molecule has 2 amide bonds. The van der Waals surface area contributed by atoms with Gasteiger partial charge in [-0.25, -0.2) is 14.6 Å². The van der Waals surface area contributed by atoms with Crippen molar-refractivity contribution in [2.45, 2.75) is 59.3 Å². The van der Waals surface area contributed by atoms with Gasteiger partial charge in [0.15, 0.2) is 5.82 Å². The van der Waals surface area contributed by atoms with Gasteiger partial charge in [-0.15, -0.1) is 0 Å². The number of anilines is 1. The van der Waals surface area contributed by atoms with Crippen LogP contribution in [0.2, 0.25) is 0 Å². The molecule has 0 aliphatic rings. The van der Waals surface area contributed by atoms with Crippen LogP contribution >= 0.6 is 0 Å². The van der Waals surface area contributed by atoms with E-state index >= 15 is 0 Å². The number of carbonyl (C=O) groups excluding carboxylic acids is 2. The molecule has 0 saturated carbocycles. The molecule has 2 rings (SSSR count). The molecule has 0 aliphatic carbocycles. The van der Waals surface area contributed by atoms with Crippen molar-refractivity contribution in [1.29, 1.82) is 0 Å². The molecule has 2 aromatic rings. The number of nitrogens with zero attached hydrogens (tertiary/aromatic N) is 2. The molecule has 0 aliphatic heterocycles. The number of aromatic nitrogens is 1. The van der Waals surface area contributed by atoms with Gasteiger partial charge in [0, 0.05) is 18.1 Å². The molecule has 146 valence electrons. The fourth-order valence-corrected chi connectivity index (χ4v) is 2.38. The first-order valence-corrected chi connectivity index (χ1v) is 8.75. The topological polar surface area (TPSA) is 94.8 Å². The smallest absolute Gasteiger partial charge is 0.425 e. The number of pyridine rings is 1. The quantitative estimate of drug-likeness (QED) is 0.840. The van der Waals surface area contributed by atoms with Gasteiger partial charge in [-0.05, 0) is 64.6 Å². The van der Waals surface area contributed by atoms with Crippen LogP contribution in [0.25, 0.3) is 10.8 Å². The summed E-state index contributed by atoms with van der Waals surface area (Å²) in [7, 11) is 0. The van der Waals surface area contributed by atoms with Crippen LogP contribution in [0.4, 0.5) is 15.4 Å². The summed E-state index contributed by atoms with van der Waals surface area (Å²) in [5.41, 5.74) is 5.06. The molecule has 7 nitrogen and oxygen atoms in total. The van der Waals surface area contributed by atoms with E-state index in [4.69, 9.17) is 15.2 Å². The number of hydrogen-bond acceptors (Lipinski definition) is 6. The van der Waals surface area contributed by atoms with Crippen LogP contribution in [0.1, 0.15) is 47.1 Å². The minimum absolute atomic E-state index is 0.152. The number of benzene rings is 1. The summed E-state index contributed by atoms with van der Waals surface area (Å²) in [5, 5.41) is 1.42. The highest BCUT2D eigenvalue weighted by Gasteiger charge is 2.34. The maximum atomic E-state index is 12.8. The van der Waals surface area contributed by atoms with Crippen molar-refractivity contribution in [3.05, 3.63) is 36.0 Å². The lowest BCUT2D eigenvalue weighted by molar-refractivity contribution is 0.0429. The van der Waals surface area contributed by atoms with Crippen molar-refractivity contribution < 1.29 is 19.1 Å². The summed E-state index contributed by atoms with van der Waals surface area (Å²) in [5.74, 6) is 0.152. The SMILES string of the molecule is CC(C)(C)OC(=O)N(C(=O)OC(C)(C)C)c1nccc2cc(CN)ccc12. The molecule has 0 spiro atoms. The van der Waals surface area contributed by atoms with Gasteiger partial charge < -0.3 is 15.2 Å². The monoisotopic (exact) mass is 373 g/mol. The van der Waals surface area contributed by atoms with Crippen LogP contribution in [0, 0.1) is 0 Å². The van der Waals surface area contributed by atoms with Gasteiger partial charge in [0.2, 0.25) is 0 Å². The first kappa shape index (κ1) is 20.6. The van der Waals surface area contributed by atoms with Crippen molar-refractivity contribution in [3.63, 3.8) is 0 Å². The van der Waals surface area contributed by atoms with Crippen LogP contribution in [0.3, 0.4) is 0 Å². The highest BCUT2D eigenvalue weighted by Crippen LogP contribution is 2.28. The molecule has 27 heavy (non-hydrogen) atoms. The summed E-state index contributed by atoms with van der Waals surface area (Å²) in [6.45, 7) is 10.7. The number of carbonyl (C=O) groups is 2. The van der Waals surface area contributed by atoms with Crippen LogP contribution in [0.5, 0.6) is 0 Å². The Morgan fingerprint density at radius 3 is 2.04 bits per heavy atom. The van der Waals surface area contributed by atoms with Gasteiger partial charge in [0.25, 0.3) is 0 Å². The number of rotatable bonds is 2. The molecule has 0 bridgehead atoms. The first-order valence-electron chi connectivity index (χ1n) is 8.75. The molecule has 0 unspecified atom stereocenters. The maximum absolute atomic E-state index is 12.8. The first-order chi connectivity index (χ1) is 12.4. The Labute approximate surface area is 159 Å². The molecular formula is C20H27N3O4. The number of ether oxygens (including phenoxy) is 2. The van der Waals surface area contributed by atoms with Crippen molar-refractivity contribution in [2.75, 3.05) is 4.90 Å². The molecule has 0 saturated heterocycles. The van der Waals surface area contributed by atoms with Crippen molar-refractivity contribution in [2.24, 2.45) is 5.73 Å². The standard InChI is InChI=1S/C20H27N3O4/c1-19(2,3)26-17(24)23(18(25)27-20(4,5)6)16-15-8-7-13(12-21)11-14(15)9-10-22-16/h7-11H,12,21H2,1-6H3. The summed E-state index contributed by atoms with van der Waals surface area (Å²) < 4.78 is 10.8. The van der Waals surface area contributed by atoms with Gasteiger partial charge in [-0.2, -0.15) is 4.90 Å². The van der Waals surface area contributed by atoms with Gasteiger partial charge >= 0.3 is 12.2 Å². The van der Waals surface area contributed by atoms with E-state index in [-0.39, 0.29) is 5.82 Å². The largest absolute Gasteiger partial charge is 0.443 e. The average molecular weight is 373 g/mol. The van der Waals surface area contributed by atoms with E-state index in [0.717, 1.165) is 15.8 Å². The Kier molecular flexibility index (Phi) is 5.75. The second-order valence-corrected chi connectivity index (χ2v) is 8.19. The summed E-state index contributed by atoms with van der Waals surface area (Å²) >= 11 is 0. The second-order valence-electron chi connectivity index (χ2n) is 8.19. The Hall–Kier alpha value is -2.67. The van der Waals surface area contributed by atoms with Crippen molar-refractivity contribution in [1.82, 2.24) is 4.98 Å². The van der Waals surface area contributed by atoms with Gasteiger partial charge in [-0.1, -0.05) is 12.1 Å². The van der Waals surface area contributed by atoms with E-state index in [1.54, 1.807) is 53.7 Å². The molecule has 0 radical (unpaired) electrons. The Morgan fingerprint density at radius 1 is 1.00 bits per heavy atom. The predicted octanol–water partition coefficient (Wildman–Crippen LogP) is 4.37. The van der Waals surface area contributed by atoms with Crippen LogP contribution in [-0.2, 0) is 16.0 Å². The zero-order valence-corrected chi connectivity index (χ0v) is 16.7. The lowest BCUT2D eigenvalue weighted by Crippen LogP contribution is -2.44. The fraction of sp³-hybridized carbons (Fsp3) is 0.450. The van der Waals surface area contributed by atoms with Crippen molar-refractivity contribution >= 4 is 28.8 Å². The Bertz CT molecular complexity index is 822. The molecule has 2 N–H and O–H groups in total. The third kappa shape index (κ3) is 5.40. The highest BCUT2D eigenvalue weighted by molar-refractivity contribution is 6.13. The third-order valence-corrected chi connectivity index (χ3v) is 3.41. The minimum Gasteiger partial charge on any atom is -0.443 e. The van der Waals surface area contributed by atoms with Crippen molar-refractivity contribution in [3.8, 4) is 0 Å². The summed E-state index contributed by atoms with van der Waals surface area (Å²) in [6, 6.07) is 7.29. The molecular weight excluding hydrogens is 346 g/mol. The second kappa shape index (κ2) is 7.52. The number of hydrogen-bond donors (Lipinski definition) is 1. The summed E-state index contributed by atoms with van der Waals surface area (Å²) in [6.07, 6.45) is -0.168. The molecule has 0 atom stereocenters. The van der Waals surface area contributed by atoms with Gasteiger partial charge in [-0.3, -0.25) is 0 Å². The third-order valence-electron chi connectivity index (χ3n) is 3.41. The van der Waals surface area contributed by atoms with Gasteiger partial charge in [0.05, 0.1) is 0 Å². The van der Waals surface area contributed by atoms with E-state index < -0.39 is 23.4 Å². The van der Waals surface area contributed by atoms with Crippen LogP contribution in [-0.4, -0.2) is 28.4 Å². The zero-order chi connectivity index (χ0) is 20.4. The Balaban J connectivity index is 2.57. The normalized spacial score (nSPS) is 12.0. The number of nitrogens with two attached hydrogens (primary N) is 1. The van der Waals surface area contributed by atoms with Gasteiger partial charge in [0.1, 0.15) is 11.2 Å². The minimum atomic E-state index is -0.848. The fourth-order valence-electron chi connectivity index (χ4n) is 2.38. The van der Waals surface area contributed by atoms with E-state index in [1.807, 2.05) is 12.1 Å². The predicted molar refractivity (Wildman–Crippen MR) is 105 cm³/mol. The zero-order valence-electron chi connectivity index (χ0n) is 16.7. The maximum Gasteiger partial charge on any atom is 0.425 e. The molecule has 0 fully saturated rings. The van der Waals surface area contributed by atoms with Crippen LogP contribution in [0.15, 0.2) is 30.5 Å². The lowest BCUT2D eigenvalue weighted by atomic mass is 10.1. The van der Waals surface area contributed by atoms with E-state index in [9.17, 15) is 9.59 Å². The average Bonchev–Trinajstić information content (AvgIpc) is 2.51. The number of fused-ring (bicyclic) bond motifs is 1. The molecule has 1 aromatic heterocycles. The lowest BCUT2D eigenvalue weighted by Gasteiger charge is -2.28. The number of imide groups is 1. The van der Waals surface area contributed by atoms with E-state index in [1.165, 1.54) is 6.20 Å². The summed E-state index contributed by atoms with van der Waals surface area (Å²) in [4.78, 5) is 30.7. The van der Waals surface area contributed by atoms with E-state index in [2.05, 4.69) is 4.98 Å². The molecule has 1 heterocycles. The van der Waals surface area contributed by atoms with Crippen LogP contribution < -0.4 is 10.6 Å². The molecule has 1 aromatic carbocycles. The molecule has 7 heteroatoms. The Morgan fingerprint density at radius 2 is 1.56 bits per heavy atom. The number of amides is 2.